The summed E-state index contributed by atoms with van der Waals surface area (Å²) in [5.41, 5.74) is 1.52. The average Bonchev–Trinajstić information content (AvgIpc) is 3.42. The Kier molecular flexibility index (Phi) is 5.57. The topological polar surface area (TPSA) is 91.3 Å². The van der Waals surface area contributed by atoms with Crippen LogP contribution in [0.4, 0.5) is 16.2 Å². The van der Waals surface area contributed by atoms with Crippen LogP contribution in [0.15, 0.2) is 36.5 Å². The number of likely N-dealkylation sites (tertiary alicyclic amines) is 1. The van der Waals surface area contributed by atoms with Crippen molar-refractivity contribution in [3.63, 3.8) is 0 Å². The van der Waals surface area contributed by atoms with Crippen molar-refractivity contribution in [2.75, 3.05) is 36.8 Å². The molecular weight excluding hydrogens is 356 g/mol. The van der Waals surface area contributed by atoms with Crippen LogP contribution in [0.25, 0.3) is 0 Å². The number of urea groups is 1. The summed E-state index contributed by atoms with van der Waals surface area (Å²) in [5, 5.41) is 13.6. The molecule has 8 heteroatoms. The molecule has 148 valence electrons. The van der Waals surface area contributed by atoms with E-state index in [1.165, 1.54) is 0 Å². The number of rotatable bonds is 4. The van der Waals surface area contributed by atoms with Crippen LogP contribution in [0.3, 0.4) is 0 Å². The lowest BCUT2D eigenvalue weighted by Crippen LogP contribution is -2.32. The Labute approximate surface area is 164 Å². The minimum atomic E-state index is -0.287. The standard InChI is InChI=1S/C20H26N6O2/c27-19(18-9-13-26(24-18)15-6-5-10-21-14-15)22-16-7-1-2-8-17(16)23-20(28)25-11-3-4-12-25/h1-2,7-9,13,15,21H,3-6,10-12,14H2,(H,22,27)(H,23,28). The number of para-hydroxylation sites is 2. The highest BCUT2D eigenvalue weighted by molar-refractivity contribution is 6.06. The van der Waals surface area contributed by atoms with Gasteiger partial charge in [0.25, 0.3) is 5.91 Å². The molecule has 2 fully saturated rings. The van der Waals surface area contributed by atoms with Crippen molar-refractivity contribution in [1.29, 1.82) is 0 Å². The lowest BCUT2D eigenvalue weighted by molar-refractivity contribution is 0.102. The molecule has 1 unspecified atom stereocenters. The number of carbonyl (C=O) groups is 2. The minimum Gasteiger partial charge on any atom is -0.325 e. The van der Waals surface area contributed by atoms with Gasteiger partial charge in [-0.25, -0.2) is 4.79 Å². The number of nitrogens with zero attached hydrogens (tertiary/aromatic N) is 3. The van der Waals surface area contributed by atoms with Crippen LogP contribution in [0.2, 0.25) is 0 Å². The third-order valence-electron chi connectivity index (χ3n) is 5.30. The van der Waals surface area contributed by atoms with E-state index < -0.39 is 0 Å². The molecule has 2 aliphatic heterocycles. The molecule has 4 rings (SSSR count). The maximum absolute atomic E-state index is 12.7. The second-order valence-corrected chi connectivity index (χ2v) is 7.31. The van der Waals surface area contributed by atoms with Gasteiger partial charge in [-0.15, -0.1) is 0 Å². The second kappa shape index (κ2) is 8.43. The molecular formula is C20H26N6O2. The zero-order valence-electron chi connectivity index (χ0n) is 15.9. The normalized spacial score (nSPS) is 19.4. The van der Waals surface area contributed by atoms with Gasteiger partial charge < -0.3 is 20.9 Å². The van der Waals surface area contributed by atoms with E-state index in [0.717, 1.165) is 51.9 Å². The molecule has 8 nitrogen and oxygen atoms in total. The van der Waals surface area contributed by atoms with Gasteiger partial charge in [-0.05, 0) is 50.4 Å². The predicted octanol–water partition coefficient (Wildman–Crippen LogP) is 2.69. The lowest BCUT2D eigenvalue weighted by Gasteiger charge is -2.22. The van der Waals surface area contributed by atoms with Gasteiger partial charge in [0.15, 0.2) is 5.69 Å². The van der Waals surface area contributed by atoms with Gasteiger partial charge in [-0.3, -0.25) is 9.48 Å². The zero-order chi connectivity index (χ0) is 19.3. The zero-order valence-corrected chi connectivity index (χ0v) is 15.9. The summed E-state index contributed by atoms with van der Waals surface area (Å²) in [6, 6.07) is 9.11. The van der Waals surface area contributed by atoms with Gasteiger partial charge in [-0.1, -0.05) is 12.1 Å². The number of amides is 3. The number of piperidine rings is 1. The van der Waals surface area contributed by atoms with Crippen molar-refractivity contribution >= 4 is 23.3 Å². The van der Waals surface area contributed by atoms with E-state index in [1.54, 1.807) is 23.1 Å². The molecule has 0 saturated carbocycles. The Hall–Kier alpha value is -2.87. The number of nitrogens with one attached hydrogen (secondary N) is 3. The largest absolute Gasteiger partial charge is 0.325 e. The highest BCUT2D eigenvalue weighted by atomic mass is 16.2. The van der Waals surface area contributed by atoms with E-state index in [4.69, 9.17) is 0 Å². The van der Waals surface area contributed by atoms with Gasteiger partial charge in [0, 0.05) is 25.8 Å². The first-order valence-corrected chi connectivity index (χ1v) is 9.93. The first kappa shape index (κ1) is 18.5. The molecule has 1 aromatic carbocycles. The van der Waals surface area contributed by atoms with Crippen LogP contribution >= 0.6 is 0 Å². The van der Waals surface area contributed by atoms with Gasteiger partial charge >= 0.3 is 6.03 Å². The third-order valence-corrected chi connectivity index (χ3v) is 5.30. The maximum atomic E-state index is 12.7. The number of hydrogen-bond acceptors (Lipinski definition) is 4. The monoisotopic (exact) mass is 382 g/mol. The number of carbonyl (C=O) groups excluding carboxylic acids is 2. The highest BCUT2D eigenvalue weighted by Crippen LogP contribution is 2.23. The molecule has 1 aromatic heterocycles. The van der Waals surface area contributed by atoms with Gasteiger partial charge in [0.05, 0.1) is 17.4 Å². The number of aromatic nitrogens is 2. The van der Waals surface area contributed by atoms with Gasteiger partial charge in [0.1, 0.15) is 0 Å². The Bertz CT molecular complexity index is 837. The van der Waals surface area contributed by atoms with E-state index >= 15 is 0 Å². The van der Waals surface area contributed by atoms with Crippen LogP contribution in [0.1, 0.15) is 42.2 Å². The van der Waals surface area contributed by atoms with E-state index in [2.05, 4.69) is 21.0 Å². The van der Waals surface area contributed by atoms with Gasteiger partial charge in [0.2, 0.25) is 0 Å². The molecule has 2 aromatic rings. The Morgan fingerprint density at radius 3 is 2.50 bits per heavy atom. The van der Waals surface area contributed by atoms with Gasteiger partial charge in [-0.2, -0.15) is 5.10 Å². The number of benzene rings is 1. The summed E-state index contributed by atoms with van der Waals surface area (Å²) in [4.78, 5) is 26.9. The van der Waals surface area contributed by atoms with Crippen LogP contribution < -0.4 is 16.0 Å². The second-order valence-electron chi connectivity index (χ2n) is 7.31. The quantitative estimate of drug-likeness (QED) is 0.758. The van der Waals surface area contributed by atoms with E-state index in [1.807, 2.05) is 23.0 Å². The molecule has 2 aliphatic rings. The summed E-state index contributed by atoms with van der Waals surface area (Å²) in [5.74, 6) is -0.287. The van der Waals surface area contributed by atoms with Crippen molar-refractivity contribution in [1.82, 2.24) is 20.0 Å². The van der Waals surface area contributed by atoms with E-state index in [0.29, 0.717) is 17.1 Å². The predicted molar refractivity (Wildman–Crippen MR) is 108 cm³/mol. The van der Waals surface area contributed by atoms with Crippen molar-refractivity contribution < 1.29 is 9.59 Å². The van der Waals surface area contributed by atoms with Crippen molar-refractivity contribution in [2.45, 2.75) is 31.7 Å². The fourth-order valence-corrected chi connectivity index (χ4v) is 3.72. The van der Waals surface area contributed by atoms with E-state index in [-0.39, 0.29) is 18.0 Å². The summed E-state index contributed by atoms with van der Waals surface area (Å²) < 4.78 is 1.86. The Morgan fingerprint density at radius 2 is 1.79 bits per heavy atom. The smallest absolute Gasteiger partial charge is 0.321 e. The minimum absolute atomic E-state index is 0.131. The van der Waals surface area contributed by atoms with Crippen molar-refractivity contribution in [2.24, 2.45) is 0 Å². The van der Waals surface area contributed by atoms with Crippen LogP contribution in [0, 0.1) is 0 Å². The molecule has 3 heterocycles. The first-order chi connectivity index (χ1) is 13.7. The van der Waals surface area contributed by atoms with Crippen molar-refractivity contribution in [3.05, 3.63) is 42.2 Å². The molecule has 1 atom stereocenters. The van der Waals surface area contributed by atoms with E-state index in [9.17, 15) is 9.59 Å². The summed E-state index contributed by atoms with van der Waals surface area (Å²) in [7, 11) is 0. The Balaban J connectivity index is 1.43. The van der Waals surface area contributed by atoms with Crippen LogP contribution in [-0.2, 0) is 0 Å². The SMILES string of the molecule is O=C(Nc1ccccc1NC(=O)N1CCCC1)c1ccn(C2CCCNC2)n1. The molecule has 0 bridgehead atoms. The maximum Gasteiger partial charge on any atom is 0.321 e. The fraction of sp³-hybridized carbons (Fsp3) is 0.450. The molecule has 3 amide bonds. The molecule has 0 aliphatic carbocycles. The van der Waals surface area contributed by atoms with Crippen LogP contribution in [-0.4, -0.2) is 52.8 Å². The summed E-state index contributed by atoms with van der Waals surface area (Å²) >= 11 is 0. The number of anilines is 2. The van der Waals surface area contributed by atoms with Crippen molar-refractivity contribution in [3.8, 4) is 0 Å². The third kappa shape index (κ3) is 4.17. The Morgan fingerprint density at radius 1 is 1.04 bits per heavy atom. The molecule has 28 heavy (non-hydrogen) atoms. The molecule has 0 spiro atoms. The number of hydrogen-bond donors (Lipinski definition) is 3. The van der Waals surface area contributed by atoms with Crippen LogP contribution in [0.5, 0.6) is 0 Å². The molecule has 0 radical (unpaired) electrons. The average molecular weight is 382 g/mol. The first-order valence-electron chi connectivity index (χ1n) is 9.93. The molecule has 2 saturated heterocycles. The molecule has 3 N–H and O–H groups in total. The highest BCUT2D eigenvalue weighted by Gasteiger charge is 2.20. The lowest BCUT2D eigenvalue weighted by atomic mass is 10.1. The summed E-state index contributed by atoms with van der Waals surface area (Å²) in [6.07, 6.45) is 6.08. The fourth-order valence-electron chi connectivity index (χ4n) is 3.72. The summed E-state index contributed by atoms with van der Waals surface area (Å²) in [6.45, 7) is 3.45.